The van der Waals surface area contributed by atoms with Gasteiger partial charge in [-0.25, -0.2) is 4.99 Å². The average Bonchev–Trinajstić information content (AvgIpc) is 3.02. The molecule has 1 aliphatic carbocycles. The molecule has 0 bridgehead atoms. The Kier molecular flexibility index (Phi) is 3.58. The highest BCUT2D eigenvalue weighted by Gasteiger charge is 2.63. The summed E-state index contributed by atoms with van der Waals surface area (Å²) >= 11 is 0. The standard InChI is InChI=1S/C14H18N2O5/c17-7-14(20)11-10(9(18)12(14)19)21-13(16-11)15-6-8-4-2-1-3-5-8/h1-5,9-12,17-20H,6-7H2,(H,15,16)/t9-,10-,11-,12+,14+/m1/s1. The van der Waals surface area contributed by atoms with Crippen LogP contribution >= 0.6 is 0 Å². The van der Waals surface area contributed by atoms with Gasteiger partial charge in [0.2, 0.25) is 0 Å². The van der Waals surface area contributed by atoms with E-state index in [0.717, 1.165) is 5.56 Å². The second kappa shape index (κ2) is 5.27. The van der Waals surface area contributed by atoms with E-state index >= 15 is 0 Å². The number of amidine groups is 1. The maximum atomic E-state index is 10.3. The smallest absolute Gasteiger partial charge is 0.285 e. The van der Waals surface area contributed by atoms with Gasteiger partial charge in [-0.3, -0.25) is 0 Å². The van der Waals surface area contributed by atoms with Gasteiger partial charge in [-0.15, -0.1) is 0 Å². The summed E-state index contributed by atoms with van der Waals surface area (Å²) in [5, 5.41) is 42.1. The fourth-order valence-corrected chi connectivity index (χ4v) is 2.80. The maximum absolute atomic E-state index is 10.3. The van der Waals surface area contributed by atoms with Crippen molar-refractivity contribution >= 4 is 6.02 Å². The highest BCUT2D eigenvalue weighted by molar-refractivity contribution is 5.77. The molecule has 0 unspecified atom stereocenters. The Balaban J connectivity index is 1.74. The van der Waals surface area contributed by atoms with E-state index in [-0.39, 0.29) is 6.02 Å². The number of aliphatic hydroxyl groups is 4. The molecule has 7 heteroatoms. The van der Waals surface area contributed by atoms with Crippen molar-refractivity contribution in [3.63, 3.8) is 0 Å². The SMILES string of the molecule is OC[C@]1(O)[C@@H]2NC(=NCc3ccccc3)O[C@@H]2[C@@H](O)[C@@H]1O. The van der Waals surface area contributed by atoms with E-state index in [0.29, 0.717) is 6.54 Å². The number of ether oxygens (including phenoxy) is 1. The lowest BCUT2D eigenvalue weighted by atomic mass is 9.96. The molecule has 1 saturated heterocycles. The summed E-state index contributed by atoms with van der Waals surface area (Å²) in [4.78, 5) is 4.23. The Hall–Kier alpha value is -1.67. The summed E-state index contributed by atoms with van der Waals surface area (Å²) in [5.74, 6) is 0. The molecule has 1 saturated carbocycles. The summed E-state index contributed by atoms with van der Waals surface area (Å²) in [6.45, 7) is -0.298. The second-order valence-corrected chi connectivity index (χ2v) is 5.40. The summed E-state index contributed by atoms with van der Waals surface area (Å²) in [6.07, 6.45) is -3.60. The van der Waals surface area contributed by atoms with Crippen LogP contribution in [0.3, 0.4) is 0 Å². The van der Waals surface area contributed by atoms with Gasteiger partial charge in [-0.2, -0.15) is 0 Å². The van der Waals surface area contributed by atoms with Crippen LogP contribution in [0, 0.1) is 0 Å². The topological polar surface area (TPSA) is 115 Å². The molecule has 0 radical (unpaired) electrons. The van der Waals surface area contributed by atoms with Gasteiger partial charge in [0.1, 0.15) is 23.9 Å². The lowest BCUT2D eigenvalue weighted by Crippen LogP contribution is -2.56. The zero-order valence-corrected chi connectivity index (χ0v) is 11.3. The molecule has 7 nitrogen and oxygen atoms in total. The normalized spacial score (nSPS) is 39.9. The first-order chi connectivity index (χ1) is 10.1. The predicted molar refractivity (Wildman–Crippen MR) is 73.4 cm³/mol. The zero-order chi connectivity index (χ0) is 15.0. The quantitative estimate of drug-likeness (QED) is 0.457. The van der Waals surface area contributed by atoms with Crippen molar-refractivity contribution in [2.45, 2.75) is 36.5 Å². The summed E-state index contributed by atoms with van der Waals surface area (Å²) in [6, 6.07) is 8.93. The van der Waals surface area contributed by atoms with Gasteiger partial charge in [0.25, 0.3) is 6.02 Å². The van der Waals surface area contributed by atoms with E-state index in [1.807, 2.05) is 30.3 Å². The lowest BCUT2D eigenvalue weighted by molar-refractivity contribution is -0.119. The Bertz CT molecular complexity index is 537. The molecule has 1 aromatic carbocycles. The number of benzene rings is 1. The van der Waals surface area contributed by atoms with Crippen LogP contribution in [0.1, 0.15) is 5.56 Å². The van der Waals surface area contributed by atoms with Crippen molar-refractivity contribution in [3.8, 4) is 0 Å². The van der Waals surface area contributed by atoms with Crippen LogP contribution in [0.5, 0.6) is 0 Å². The Labute approximate surface area is 121 Å². The molecule has 0 amide bonds. The first-order valence-corrected chi connectivity index (χ1v) is 6.77. The number of nitrogens with one attached hydrogen (secondary N) is 1. The van der Waals surface area contributed by atoms with Crippen molar-refractivity contribution in [2.24, 2.45) is 4.99 Å². The van der Waals surface area contributed by atoms with Gasteiger partial charge in [0.15, 0.2) is 6.10 Å². The van der Waals surface area contributed by atoms with Crippen LogP contribution < -0.4 is 5.32 Å². The number of fused-ring (bicyclic) bond motifs is 1. The van der Waals surface area contributed by atoms with Crippen molar-refractivity contribution < 1.29 is 25.2 Å². The molecule has 5 N–H and O–H groups in total. The number of nitrogens with zero attached hydrogens (tertiary/aromatic N) is 1. The van der Waals surface area contributed by atoms with Crippen LogP contribution in [0.15, 0.2) is 35.3 Å². The highest BCUT2D eigenvalue weighted by atomic mass is 16.5. The molecule has 1 aromatic rings. The third-order valence-electron chi connectivity index (χ3n) is 4.07. The van der Waals surface area contributed by atoms with Crippen molar-refractivity contribution in [1.29, 1.82) is 0 Å². The zero-order valence-electron chi connectivity index (χ0n) is 11.3. The van der Waals surface area contributed by atoms with E-state index in [1.54, 1.807) is 0 Å². The van der Waals surface area contributed by atoms with Crippen LogP contribution in [-0.2, 0) is 11.3 Å². The first kappa shape index (κ1) is 14.3. The minimum Gasteiger partial charge on any atom is -0.457 e. The molecule has 0 spiro atoms. The van der Waals surface area contributed by atoms with Crippen molar-refractivity contribution in [2.75, 3.05) is 6.61 Å². The first-order valence-electron chi connectivity index (χ1n) is 6.77. The number of aliphatic imine (C=N–C) groups is 1. The van der Waals surface area contributed by atoms with Crippen molar-refractivity contribution in [1.82, 2.24) is 5.32 Å². The molecule has 0 aromatic heterocycles. The molecule has 3 rings (SSSR count). The Morgan fingerprint density at radius 1 is 1.24 bits per heavy atom. The molecule has 5 atom stereocenters. The fourth-order valence-electron chi connectivity index (χ4n) is 2.80. The monoisotopic (exact) mass is 294 g/mol. The van der Waals surface area contributed by atoms with Gasteiger partial charge < -0.3 is 30.5 Å². The highest BCUT2D eigenvalue weighted by Crippen LogP contribution is 2.36. The molecule has 21 heavy (non-hydrogen) atoms. The van der Waals surface area contributed by atoms with Crippen molar-refractivity contribution in [3.05, 3.63) is 35.9 Å². The van der Waals surface area contributed by atoms with Gasteiger partial charge in [0, 0.05) is 0 Å². The largest absolute Gasteiger partial charge is 0.457 e. The molecule has 1 aliphatic heterocycles. The number of hydrogen-bond acceptors (Lipinski definition) is 6. The van der Waals surface area contributed by atoms with E-state index < -0.39 is 36.6 Å². The van der Waals surface area contributed by atoms with Gasteiger partial charge in [-0.1, -0.05) is 30.3 Å². The molecule has 2 fully saturated rings. The predicted octanol–water partition coefficient (Wildman–Crippen LogP) is -1.64. The minimum atomic E-state index is -1.85. The van der Waals surface area contributed by atoms with E-state index in [2.05, 4.69) is 10.3 Å². The average molecular weight is 294 g/mol. The van der Waals surface area contributed by atoms with Gasteiger partial charge in [-0.05, 0) is 5.56 Å². The van der Waals surface area contributed by atoms with E-state index in [4.69, 9.17) is 4.74 Å². The lowest BCUT2D eigenvalue weighted by Gasteiger charge is -2.28. The van der Waals surface area contributed by atoms with Gasteiger partial charge in [0.05, 0.1) is 13.2 Å². The molecular weight excluding hydrogens is 276 g/mol. The molecule has 2 aliphatic rings. The van der Waals surface area contributed by atoms with Crippen LogP contribution in [-0.4, -0.2) is 63.0 Å². The van der Waals surface area contributed by atoms with E-state index in [1.165, 1.54) is 0 Å². The summed E-state index contributed by atoms with van der Waals surface area (Å²) < 4.78 is 5.44. The van der Waals surface area contributed by atoms with Crippen LogP contribution in [0.25, 0.3) is 0 Å². The summed E-state index contributed by atoms with van der Waals surface area (Å²) in [7, 11) is 0. The third kappa shape index (κ3) is 2.28. The van der Waals surface area contributed by atoms with Gasteiger partial charge >= 0.3 is 0 Å². The number of aliphatic hydroxyl groups excluding tert-OH is 3. The fraction of sp³-hybridized carbons (Fsp3) is 0.500. The van der Waals surface area contributed by atoms with E-state index in [9.17, 15) is 20.4 Å². The second-order valence-electron chi connectivity index (χ2n) is 5.40. The molecular formula is C14H18N2O5. The Morgan fingerprint density at radius 3 is 2.62 bits per heavy atom. The maximum Gasteiger partial charge on any atom is 0.285 e. The van der Waals surface area contributed by atoms with Crippen LogP contribution in [0.4, 0.5) is 0 Å². The summed E-state index contributed by atoms with van der Waals surface area (Å²) in [5.41, 5.74) is -0.862. The number of hydrogen-bond donors (Lipinski definition) is 5. The molecule has 114 valence electrons. The minimum absolute atomic E-state index is 0.187. The van der Waals surface area contributed by atoms with Crippen LogP contribution in [0.2, 0.25) is 0 Å². The third-order valence-corrected chi connectivity index (χ3v) is 4.07. The Morgan fingerprint density at radius 2 is 1.95 bits per heavy atom. The number of rotatable bonds is 3. The molecule has 1 heterocycles.